The van der Waals surface area contributed by atoms with Crippen LogP contribution in [-0.4, -0.2) is 33.0 Å². The second kappa shape index (κ2) is 8.57. The molecule has 0 radical (unpaired) electrons. The van der Waals surface area contributed by atoms with E-state index in [9.17, 15) is 9.59 Å². The van der Waals surface area contributed by atoms with Gasteiger partial charge in [-0.3, -0.25) is 9.59 Å². The molecule has 0 spiro atoms. The number of nitrogens with two attached hydrogens (primary N) is 2. The highest BCUT2D eigenvalue weighted by molar-refractivity contribution is 6.04. The van der Waals surface area contributed by atoms with Crippen LogP contribution in [0.3, 0.4) is 0 Å². The van der Waals surface area contributed by atoms with Gasteiger partial charge in [-0.2, -0.15) is 0 Å². The Morgan fingerprint density at radius 2 is 1.97 bits per heavy atom. The van der Waals surface area contributed by atoms with Crippen molar-refractivity contribution in [3.05, 3.63) is 65.2 Å². The second-order valence-corrected chi connectivity index (χ2v) is 7.65. The molecular formula is C22H25N7O2. The van der Waals surface area contributed by atoms with Crippen molar-refractivity contribution in [3.8, 4) is 11.3 Å². The molecule has 31 heavy (non-hydrogen) atoms. The lowest BCUT2D eigenvalue weighted by atomic mass is 10.0. The topological polar surface area (TPSA) is 141 Å². The van der Waals surface area contributed by atoms with Gasteiger partial charge in [0.2, 0.25) is 0 Å². The molecule has 1 aliphatic rings. The summed E-state index contributed by atoms with van der Waals surface area (Å²) in [6.07, 6.45) is 4.68. The van der Waals surface area contributed by atoms with Crippen molar-refractivity contribution < 1.29 is 9.59 Å². The van der Waals surface area contributed by atoms with E-state index >= 15 is 0 Å². The molecule has 1 aromatic carbocycles. The second-order valence-electron chi connectivity index (χ2n) is 7.65. The molecule has 3 aromatic rings. The SMILES string of the molecule is Cc1ccnc(NC(=O)c2ccc(-c3nc(C4CCCCN4)n(N)c3C(N)=O)cc2)c1. The van der Waals surface area contributed by atoms with Gasteiger partial charge in [0.25, 0.3) is 11.8 Å². The fraction of sp³-hybridized carbons (Fsp3) is 0.273. The van der Waals surface area contributed by atoms with E-state index in [-0.39, 0.29) is 17.6 Å². The highest BCUT2D eigenvalue weighted by atomic mass is 16.2. The highest BCUT2D eigenvalue weighted by Gasteiger charge is 2.27. The van der Waals surface area contributed by atoms with Gasteiger partial charge in [0, 0.05) is 17.3 Å². The molecule has 1 fully saturated rings. The van der Waals surface area contributed by atoms with Crippen LogP contribution in [0, 0.1) is 6.92 Å². The molecule has 0 bridgehead atoms. The Bertz CT molecular complexity index is 1120. The minimum absolute atomic E-state index is 0.0301. The number of pyridine rings is 1. The van der Waals surface area contributed by atoms with E-state index < -0.39 is 5.91 Å². The van der Waals surface area contributed by atoms with Gasteiger partial charge < -0.3 is 22.2 Å². The Hall–Kier alpha value is -3.72. The molecule has 3 heterocycles. The third kappa shape index (κ3) is 4.26. The van der Waals surface area contributed by atoms with Crippen molar-refractivity contribution in [2.45, 2.75) is 32.2 Å². The first-order valence-corrected chi connectivity index (χ1v) is 10.2. The summed E-state index contributed by atoms with van der Waals surface area (Å²) in [6, 6.07) is 10.4. The molecule has 9 nitrogen and oxygen atoms in total. The Morgan fingerprint density at radius 3 is 2.61 bits per heavy atom. The number of aryl methyl sites for hydroxylation is 1. The standard InChI is InChI=1S/C22H25N7O2/c1-13-9-11-26-17(12-13)27-22(31)15-7-5-14(6-8-15)18-19(20(23)30)29(24)21(28-18)16-4-2-3-10-25-16/h5-9,11-12,16,25H,2-4,10,24H2,1H3,(H2,23,30)(H,26,27,31). The number of amides is 2. The maximum Gasteiger partial charge on any atom is 0.269 e. The summed E-state index contributed by atoms with van der Waals surface area (Å²) in [6.45, 7) is 2.80. The number of nitrogens with one attached hydrogen (secondary N) is 2. The molecule has 160 valence electrons. The normalized spacial score (nSPS) is 16.1. The zero-order chi connectivity index (χ0) is 22.0. The van der Waals surface area contributed by atoms with Crippen molar-refractivity contribution in [2.75, 3.05) is 17.7 Å². The Labute approximate surface area is 179 Å². The zero-order valence-corrected chi connectivity index (χ0v) is 17.3. The van der Waals surface area contributed by atoms with Crippen LogP contribution in [0.4, 0.5) is 5.82 Å². The zero-order valence-electron chi connectivity index (χ0n) is 17.3. The third-order valence-corrected chi connectivity index (χ3v) is 5.37. The van der Waals surface area contributed by atoms with Crippen LogP contribution in [0.2, 0.25) is 0 Å². The largest absolute Gasteiger partial charge is 0.364 e. The Balaban J connectivity index is 1.61. The van der Waals surface area contributed by atoms with Crippen LogP contribution in [0.25, 0.3) is 11.3 Å². The van der Waals surface area contributed by atoms with Crippen LogP contribution < -0.4 is 22.2 Å². The first-order valence-electron chi connectivity index (χ1n) is 10.2. The minimum Gasteiger partial charge on any atom is -0.364 e. The van der Waals surface area contributed by atoms with Gasteiger partial charge in [-0.1, -0.05) is 18.6 Å². The van der Waals surface area contributed by atoms with E-state index in [2.05, 4.69) is 20.6 Å². The lowest BCUT2D eigenvalue weighted by molar-refractivity contribution is 0.0991. The summed E-state index contributed by atoms with van der Waals surface area (Å²) in [5.74, 6) is 6.32. The number of hydrogen-bond donors (Lipinski definition) is 4. The molecule has 2 amide bonds. The average molecular weight is 419 g/mol. The molecule has 4 rings (SSSR count). The Kier molecular flexibility index (Phi) is 5.68. The van der Waals surface area contributed by atoms with E-state index in [1.165, 1.54) is 4.68 Å². The number of hydrogen-bond acceptors (Lipinski definition) is 6. The van der Waals surface area contributed by atoms with Gasteiger partial charge in [-0.15, -0.1) is 0 Å². The Morgan fingerprint density at radius 1 is 1.19 bits per heavy atom. The van der Waals surface area contributed by atoms with Gasteiger partial charge in [-0.05, 0) is 56.1 Å². The average Bonchev–Trinajstić information content (AvgIpc) is 3.12. The van der Waals surface area contributed by atoms with Crippen molar-refractivity contribution in [2.24, 2.45) is 5.73 Å². The van der Waals surface area contributed by atoms with Crippen LogP contribution >= 0.6 is 0 Å². The van der Waals surface area contributed by atoms with Crippen LogP contribution in [0.5, 0.6) is 0 Å². The maximum atomic E-state index is 12.5. The van der Waals surface area contributed by atoms with Crippen molar-refractivity contribution >= 4 is 17.6 Å². The fourth-order valence-electron chi connectivity index (χ4n) is 3.78. The highest BCUT2D eigenvalue weighted by Crippen LogP contribution is 2.29. The molecule has 1 unspecified atom stereocenters. The maximum absolute atomic E-state index is 12.5. The first kappa shape index (κ1) is 20.5. The molecule has 0 saturated carbocycles. The number of imidazole rings is 1. The number of anilines is 1. The fourth-order valence-corrected chi connectivity index (χ4v) is 3.78. The summed E-state index contributed by atoms with van der Waals surface area (Å²) >= 11 is 0. The molecule has 1 aliphatic heterocycles. The van der Waals surface area contributed by atoms with E-state index in [4.69, 9.17) is 11.6 Å². The summed E-state index contributed by atoms with van der Waals surface area (Å²) in [5.41, 5.74) is 8.26. The lowest BCUT2D eigenvalue weighted by Gasteiger charge is -2.22. The molecule has 1 saturated heterocycles. The monoisotopic (exact) mass is 419 g/mol. The van der Waals surface area contributed by atoms with E-state index in [0.717, 1.165) is 31.4 Å². The number of carbonyl (C=O) groups excluding carboxylic acids is 2. The summed E-state index contributed by atoms with van der Waals surface area (Å²) < 4.78 is 1.28. The predicted octanol–water partition coefficient (Wildman–Crippen LogP) is 2.13. The third-order valence-electron chi connectivity index (χ3n) is 5.37. The van der Waals surface area contributed by atoms with Crippen molar-refractivity contribution in [1.29, 1.82) is 0 Å². The number of nitrogens with zero attached hydrogens (tertiary/aromatic N) is 3. The van der Waals surface area contributed by atoms with Crippen LogP contribution in [0.15, 0.2) is 42.6 Å². The number of carbonyl (C=O) groups is 2. The number of rotatable bonds is 5. The van der Waals surface area contributed by atoms with Crippen LogP contribution in [-0.2, 0) is 0 Å². The molecular weight excluding hydrogens is 394 g/mol. The summed E-state index contributed by atoms with van der Waals surface area (Å²) in [5, 5.41) is 6.16. The first-order chi connectivity index (χ1) is 14.9. The number of aromatic nitrogens is 3. The van der Waals surface area contributed by atoms with Gasteiger partial charge in [-0.25, -0.2) is 14.6 Å². The van der Waals surface area contributed by atoms with Gasteiger partial charge in [0.15, 0.2) is 5.69 Å². The molecule has 9 heteroatoms. The molecule has 0 aliphatic carbocycles. The number of piperidine rings is 1. The van der Waals surface area contributed by atoms with E-state index in [1.54, 1.807) is 36.5 Å². The van der Waals surface area contributed by atoms with Gasteiger partial charge in [0.1, 0.15) is 17.3 Å². The summed E-state index contributed by atoms with van der Waals surface area (Å²) in [4.78, 5) is 33.4. The predicted molar refractivity (Wildman–Crippen MR) is 118 cm³/mol. The number of benzene rings is 1. The molecule has 2 aromatic heterocycles. The van der Waals surface area contributed by atoms with E-state index in [0.29, 0.717) is 28.5 Å². The van der Waals surface area contributed by atoms with Crippen LogP contribution in [0.1, 0.15) is 57.5 Å². The quantitative estimate of drug-likeness (QED) is 0.467. The molecule has 1 atom stereocenters. The minimum atomic E-state index is -0.653. The van der Waals surface area contributed by atoms with Crippen molar-refractivity contribution in [1.82, 2.24) is 20.0 Å². The smallest absolute Gasteiger partial charge is 0.269 e. The van der Waals surface area contributed by atoms with Gasteiger partial charge >= 0.3 is 0 Å². The van der Waals surface area contributed by atoms with Gasteiger partial charge in [0.05, 0.1) is 6.04 Å². The van der Waals surface area contributed by atoms with E-state index in [1.807, 2.05) is 13.0 Å². The summed E-state index contributed by atoms with van der Waals surface area (Å²) in [7, 11) is 0. The molecule has 6 N–H and O–H groups in total. The number of primary amides is 1. The number of nitrogen functional groups attached to an aromatic ring is 1. The van der Waals surface area contributed by atoms with Crippen molar-refractivity contribution in [3.63, 3.8) is 0 Å². The lowest BCUT2D eigenvalue weighted by Crippen LogP contribution is -2.32.